The summed E-state index contributed by atoms with van der Waals surface area (Å²) < 4.78 is 4.91. The molecule has 0 saturated carbocycles. The largest absolute Gasteiger partial charge is 0.320 e. The Kier molecular flexibility index (Phi) is 4.18. The van der Waals surface area contributed by atoms with Crippen LogP contribution in [0.4, 0.5) is 5.69 Å². The normalized spacial score (nSPS) is 10.7. The standard InChI is InChI=1S/C19H13N3O2S/c23-19(13-7-3-1-4-8-13)20-15-11-12-16(18-17(15)21-24-22-18)25-14-9-5-2-6-10-14/h1-12H,(H,20,23). The van der Waals surface area contributed by atoms with Crippen LogP contribution in [-0.2, 0) is 0 Å². The number of carbonyl (C=O) groups excluding carboxylic acids is 1. The topological polar surface area (TPSA) is 68.0 Å². The zero-order valence-corrected chi connectivity index (χ0v) is 13.9. The van der Waals surface area contributed by atoms with Crippen LogP contribution in [0.2, 0.25) is 0 Å². The molecule has 6 heteroatoms. The highest BCUT2D eigenvalue weighted by atomic mass is 32.2. The van der Waals surface area contributed by atoms with Crippen LogP contribution in [0, 0.1) is 0 Å². The van der Waals surface area contributed by atoms with Gasteiger partial charge in [0.15, 0.2) is 11.0 Å². The first-order chi connectivity index (χ1) is 12.3. The molecule has 0 fully saturated rings. The molecule has 4 rings (SSSR count). The van der Waals surface area contributed by atoms with E-state index in [-0.39, 0.29) is 5.91 Å². The van der Waals surface area contributed by atoms with Gasteiger partial charge >= 0.3 is 0 Å². The van der Waals surface area contributed by atoms with Crippen LogP contribution in [0.5, 0.6) is 0 Å². The quantitative estimate of drug-likeness (QED) is 0.583. The van der Waals surface area contributed by atoms with Gasteiger partial charge in [0, 0.05) is 15.4 Å². The molecule has 0 bridgehead atoms. The van der Waals surface area contributed by atoms with E-state index in [4.69, 9.17) is 4.63 Å². The maximum absolute atomic E-state index is 12.4. The molecule has 0 aliphatic carbocycles. The van der Waals surface area contributed by atoms with Crippen molar-refractivity contribution < 1.29 is 9.42 Å². The smallest absolute Gasteiger partial charge is 0.255 e. The van der Waals surface area contributed by atoms with Gasteiger partial charge in [-0.2, -0.15) is 0 Å². The predicted molar refractivity (Wildman–Crippen MR) is 96.8 cm³/mol. The highest BCUT2D eigenvalue weighted by Crippen LogP contribution is 2.35. The molecule has 0 unspecified atom stereocenters. The average Bonchev–Trinajstić information content (AvgIpc) is 3.16. The van der Waals surface area contributed by atoms with Crippen molar-refractivity contribution in [1.29, 1.82) is 0 Å². The predicted octanol–water partition coefficient (Wildman–Crippen LogP) is 4.63. The van der Waals surface area contributed by atoms with E-state index in [9.17, 15) is 4.79 Å². The van der Waals surface area contributed by atoms with E-state index in [0.29, 0.717) is 22.3 Å². The Bertz CT molecular complexity index is 1020. The fourth-order valence-corrected chi connectivity index (χ4v) is 3.34. The summed E-state index contributed by atoms with van der Waals surface area (Å²) in [7, 11) is 0. The molecule has 122 valence electrons. The second kappa shape index (κ2) is 6.78. The molecule has 3 aromatic carbocycles. The second-order valence-corrected chi connectivity index (χ2v) is 6.42. The van der Waals surface area contributed by atoms with E-state index >= 15 is 0 Å². The van der Waals surface area contributed by atoms with Gasteiger partial charge in [-0.3, -0.25) is 4.79 Å². The Morgan fingerprint density at radius 3 is 2.28 bits per heavy atom. The summed E-state index contributed by atoms with van der Waals surface area (Å²) in [6, 6.07) is 22.7. The van der Waals surface area contributed by atoms with Crippen LogP contribution in [-0.4, -0.2) is 16.2 Å². The number of carbonyl (C=O) groups is 1. The van der Waals surface area contributed by atoms with Crippen molar-refractivity contribution in [1.82, 2.24) is 10.3 Å². The maximum atomic E-state index is 12.4. The number of hydrogen-bond donors (Lipinski definition) is 1. The fraction of sp³-hybridized carbons (Fsp3) is 0. The minimum Gasteiger partial charge on any atom is -0.320 e. The molecular weight excluding hydrogens is 334 g/mol. The van der Waals surface area contributed by atoms with Crippen molar-refractivity contribution in [2.24, 2.45) is 0 Å². The summed E-state index contributed by atoms with van der Waals surface area (Å²) in [5.74, 6) is -0.201. The van der Waals surface area contributed by atoms with Gasteiger partial charge in [0.05, 0.1) is 5.69 Å². The number of rotatable bonds is 4. The Hall–Kier alpha value is -3.12. The number of anilines is 1. The Labute approximate surface area is 148 Å². The lowest BCUT2D eigenvalue weighted by atomic mass is 10.2. The lowest BCUT2D eigenvalue weighted by Gasteiger charge is -2.07. The third-order valence-electron chi connectivity index (χ3n) is 3.63. The SMILES string of the molecule is O=C(Nc1ccc(Sc2ccccc2)c2nonc12)c1ccccc1. The molecule has 1 N–H and O–H groups in total. The third kappa shape index (κ3) is 3.25. The van der Waals surface area contributed by atoms with Gasteiger partial charge in [-0.15, -0.1) is 0 Å². The van der Waals surface area contributed by atoms with Crippen LogP contribution in [0.25, 0.3) is 11.0 Å². The highest BCUT2D eigenvalue weighted by molar-refractivity contribution is 7.99. The van der Waals surface area contributed by atoms with E-state index in [1.165, 1.54) is 0 Å². The molecular formula is C19H13N3O2S. The summed E-state index contributed by atoms with van der Waals surface area (Å²) in [5.41, 5.74) is 2.31. The summed E-state index contributed by atoms with van der Waals surface area (Å²) in [6.07, 6.45) is 0. The monoisotopic (exact) mass is 347 g/mol. The molecule has 25 heavy (non-hydrogen) atoms. The van der Waals surface area contributed by atoms with Crippen LogP contribution in [0.3, 0.4) is 0 Å². The van der Waals surface area contributed by atoms with Gasteiger partial charge in [0.25, 0.3) is 5.91 Å². The minimum absolute atomic E-state index is 0.201. The fourth-order valence-electron chi connectivity index (χ4n) is 2.43. The molecule has 1 amide bonds. The van der Waals surface area contributed by atoms with Gasteiger partial charge in [-0.05, 0) is 46.7 Å². The van der Waals surface area contributed by atoms with Crippen molar-refractivity contribution >= 4 is 34.4 Å². The van der Waals surface area contributed by atoms with Crippen LogP contribution < -0.4 is 5.32 Å². The lowest BCUT2D eigenvalue weighted by molar-refractivity contribution is 0.102. The van der Waals surface area contributed by atoms with Crippen molar-refractivity contribution in [3.63, 3.8) is 0 Å². The van der Waals surface area contributed by atoms with Gasteiger partial charge in [0.1, 0.15) is 0 Å². The first kappa shape index (κ1) is 15.4. The van der Waals surface area contributed by atoms with Gasteiger partial charge in [0.2, 0.25) is 0 Å². The zero-order chi connectivity index (χ0) is 17.1. The number of nitrogens with zero attached hydrogens (tertiary/aromatic N) is 2. The number of amides is 1. The molecule has 4 aromatic rings. The summed E-state index contributed by atoms with van der Waals surface area (Å²) in [5, 5.41) is 10.8. The van der Waals surface area contributed by atoms with Crippen LogP contribution in [0.1, 0.15) is 10.4 Å². The van der Waals surface area contributed by atoms with Crippen molar-refractivity contribution in [3.8, 4) is 0 Å². The first-order valence-electron chi connectivity index (χ1n) is 7.66. The Balaban J connectivity index is 1.65. The maximum Gasteiger partial charge on any atom is 0.255 e. The van der Waals surface area contributed by atoms with E-state index in [1.807, 2.05) is 60.7 Å². The number of benzene rings is 3. The van der Waals surface area contributed by atoms with Crippen molar-refractivity contribution in [2.75, 3.05) is 5.32 Å². The van der Waals surface area contributed by atoms with Crippen LogP contribution >= 0.6 is 11.8 Å². The molecule has 1 aromatic heterocycles. The van der Waals surface area contributed by atoms with E-state index < -0.39 is 0 Å². The zero-order valence-electron chi connectivity index (χ0n) is 13.0. The van der Waals surface area contributed by atoms with E-state index in [2.05, 4.69) is 15.6 Å². The number of fused-ring (bicyclic) bond motifs is 1. The first-order valence-corrected chi connectivity index (χ1v) is 8.47. The number of hydrogen-bond acceptors (Lipinski definition) is 5. The van der Waals surface area contributed by atoms with Crippen molar-refractivity contribution in [2.45, 2.75) is 9.79 Å². The summed E-state index contributed by atoms with van der Waals surface area (Å²) in [4.78, 5) is 14.4. The Morgan fingerprint density at radius 2 is 1.52 bits per heavy atom. The summed E-state index contributed by atoms with van der Waals surface area (Å²) >= 11 is 1.57. The van der Waals surface area contributed by atoms with Gasteiger partial charge < -0.3 is 5.32 Å². The number of aromatic nitrogens is 2. The Morgan fingerprint density at radius 1 is 0.840 bits per heavy atom. The molecule has 0 aliphatic heterocycles. The van der Waals surface area contributed by atoms with Gasteiger partial charge in [-0.1, -0.05) is 48.2 Å². The molecule has 0 aliphatic rings. The van der Waals surface area contributed by atoms with Crippen molar-refractivity contribution in [3.05, 3.63) is 78.4 Å². The molecule has 0 spiro atoms. The minimum atomic E-state index is -0.201. The molecule has 0 saturated heterocycles. The summed E-state index contributed by atoms with van der Waals surface area (Å²) in [6.45, 7) is 0. The molecule has 0 atom stereocenters. The van der Waals surface area contributed by atoms with Crippen LogP contribution in [0.15, 0.2) is 87.2 Å². The molecule has 0 radical (unpaired) electrons. The number of nitrogens with one attached hydrogen (secondary N) is 1. The van der Waals surface area contributed by atoms with E-state index in [0.717, 1.165) is 9.79 Å². The molecule has 5 nitrogen and oxygen atoms in total. The third-order valence-corrected chi connectivity index (χ3v) is 4.69. The lowest BCUT2D eigenvalue weighted by Crippen LogP contribution is -2.12. The molecule has 1 heterocycles. The highest BCUT2D eigenvalue weighted by Gasteiger charge is 2.15. The van der Waals surface area contributed by atoms with Gasteiger partial charge in [-0.25, -0.2) is 4.63 Å². The van der Waals surface area contributed by atoms with E-state index in [1.54, 1.807) is 23.9 Å². The second-order valence-electron chi connectivity index (χ2n) is 5.31. The average molecular weight is 347 g/mol.